The topological polar surface area (TPSA) is 75.0 Å². The van der Waals surface area contributed by atoms with Crippen molar-refractivity contribution in [3.63, 3.8) is 0 Å². The number of ether oxygens (including phenoxy) is 1. The predicted molar refractivity (Wildman–Crippen MR) is 112 cm³/mol. The van der Waals surface area contributed by atoms with E-state index in [4.69, 9.17) is 4.74 Å². The minimum Gasteiger partial charge on any atom is -0.394 e. The van der Waals surface area contributed by atoms with E-state index >= 15 is 0 Å². The molecule has 3 atom stereocenters. The molecule has 2 bridgehead atoms. The van der Waals surface area contributed by atoms with E-state index in [0.717, 1.165) is 56.7 Å². The second-order valence-electron chi connectivity index (χ2n) is 9.63. The van der Waals surface area contributed by atoms with E-state index in [1.807, 2.05) is 10.6 Å². The van der Waals surface area contributed by atoms with Crippen molar-refractivity contribution >= 4 is 5.91 Å². The smallest absolute Gasteiger partial charge is 0.255 e. The van der Waals surface area contributed by atoms with Gasteiger partial charge in [0.2, 0.25) is 5.91 Å². The first-order valence-electron chi connectivity index (χ1n) is 11.6. The molecule has 5 rings (SSSR count). The Morgan fingerprint density at radius 1 is 1.13 bits per heavy atom. The van der Waals surface area contributed by atoms with Crippen LogP contribution in [-0.4, -0.2) is 70.9 Å². The second-order valence-corrected chi connectivity index (χ2v) is 9.63. The zero-order valence-corrected chi connectivity index (χ0v) is 17.7. The fourth-order valence-electron chi connectivity index (χ4n) is 6.00. The largest absolute Gasteiger partial charge is 0.394 e. The normalized spacial score (nSPS) is 29.8. The summed E-state index contributed by atoms with van der Waals surface area (Å²) in [5, 5.41) is 9.36. The Balaban J connectivity index is 1.32. The fourth-order valence-corrected chi connectivity index (χ4v) is 6.00. The molecule has 4 aliphatic rings. The lowest BCUT2D eigenvalue weighted by Crippen LogP contribution is -2.51. The molecule has 164 valence electrons. The van der Waals surface area contributed by atoms with Crippen LogP contribution in [-0.2, 0) is 22.6 Å². The average molecular weight is 416 g/mol. The lowest BCUT2D eigenvalue weighted by molar-refractivity contribution is -0.138. The molecule has 1 aromatic heterocycles. The molecule has 0 aromatic carbocycles. The Hall–Kier alpha value is -1.70. The standard InChI is InChI=1S/C23H33N3O4/c27-15-20-14-24(7-8-30-20)12-18-5-6-21-19-9-16(11-26(21)23(18)29)10-25(13-19)22(28)17-3-1-2-4-17/h5-6,16-17,19-20,27H,1-4,7-15H2/t16-,19+,20+/m0/s1. The van der Waals surface area contributed by atoms with Crippen LogP contribution >= 0.6 is 0 Å². The summed E-state index contributed by atoms with van der Waals surface area (Å²) < 4.78 is 7.51. The molecule has 3 fully saturated rings. The van der Waals surface area contributed by atoms with Crippen LogP contribution in [0.15, 0.2) is 16.9 Å². The first kappa shape index (κ1) is 20.2. The quantitative estimate of drug-likeness (QED) is 0.799. The third kappa shape index (κ3) is 3.83. The summed E-state index contributed by atoms with van der Waals surface area (Å²) in [7, 11) is 0. The molecule has 1 N–H and O–H groups in total. The third-order valence-corrected chi connectivity index (χ3v) is 7.52. The SMILES string of the molecule is O=C(C1CCCC1)N1C[C@@H]2C[C@H](C1)c1ccc(CN3CCO[C@@H](CO)C3)c(=O)n1C2. The zero-order valence-electron chi connectivity index (χ0n) is 17.7. The van der Waals surface area contributed by atoms with E-state index in [2.05, 4.69) is 15.9 Å². The number of nitrogens with zero attached hydrogens (tertiary/aromatic N) is 3. The Kier molecular flexibility index (Phi) is 5.69. The fraction of sp³-hybridized carbons (Fsp3) is 0.739. The number of carbonyl (C=O) groups excluding carboxylic acids is 1. The molecule has 7 heteroatoms. The Bertz CT molecular complexity index is 847. The van der Waals surface area contributed by atoms with Gasteiger partial charge >= 0.3 is 0 Å². The van der Waals surface area contributed by atoms with Gasteiger partial charge in [0.05, 0.1) is 19.3 Å². The number of hydrogen-bond donors (Lipinski definition) is 1. The van der Waals surface area contributed by atoms with Crippen LogP contribution in [0.25, 0.3) is 0 Å². The highest BCUT2D eigenvalue weighted by molar-refractivity contribution is 5.79. The van der Waals surface area contributed by atoms with Crippen molar-refractivity contribution in [2.24, 2.45) is 11.8 Å². The second kappa shape index (κ2) is 8.44. The van der Waals surface area contributed by atoms with Crippen LogP contribution in [0.4, 0.5) is 0 Å². The monoisotopic (exact) mass is 415 g/mol. The summed E-state index contributed by atoms with van der Waals surface area (Å²) in [4.78, 5) is 30.5. The molecular formula is C23H33N3O4. The van der Waals surface area contributed by atoms with E-state index in [-0.39, 0.29) is 30.1 Å². The van der Waals surface area contributed by atoms with Gasteiger partial charge in [0.15, 0.2) is 0 Å². The molecule has 1 aromatic rings. The number of carbonyl (C=O) groups is 1. The predicted octanol–water partition coefficient (Wildman–Crippen LogP) is 1.18. The van der Waals surface area contributed by atoms with Crippen LogP contribution in [0.1, 0.15) is 49.3 Å². The van der Waals surface area contributed by atoms with Gasteiger partial charge in [0, 0.05) is 62.4 Å². The summed E-state index contributed by atoms with van der Waals surface area (Å²) in [6, 6.07) is 4.10. The Morgan fingerprint density at radius 2 is 1.97 bits per heavy atom. The molecule has 3 aliphatic heterocycles. The zero-order chi connectivity index (χ0) is 20.7. The van der Waals surface area contributed by atoms with Gasteiger partial charge in [0.25, 0.3) is 5.56 Å². The summed E-state index contributed by atoms with van der Waals surface area (Å²) in [6.45, 7) is 4.90. The van der Waals surface area contributed by atoms with Gasteiger partial charge in [-0.2, -0.15) is 0 Å². The number of morpholine rings is 1. The lowest BCUT2D eigenvalue weighted by atomic mass is 9.82. The first-order chi connectivity index (χ1) is 14.6. The summed E-state index contributed by atoms with van der Waals surface area (Å²) >= 11 is 0. The number of aromatic nitrogens is 1. The average Bonchev–Trinajstić information content (AvgIpc) is 3.30. The van der Waals surface area contributed by atoms with Gasteiger partial charge in [-0.1, -0.05) is 18.9 Å². The number of likely N-dealkylation sites (tertiary alicyclic amines) is 1. The number of pyridine rings is 1. The van der Waals surface area contributed by atoms with E-state index in [1.165, 1.54) is 12.8 Å². The molecule has 7 nitrogen and oxygen atoms in total. The molecule has 4 heterocycles. The number of rotatable bonds is 4. The number of aliphatic hydroxyl groups is 1. The maximum Gasteiger partial charge on any atom is 0.255 e. The van der Waals surface area contributed by atoms with Gasteiger partial charge in [-0.25, -0.2) is 0 Å². The van der Waals surface area contributed by atoms with Gasteiger partial charge in [-0.15, -0.1) is 0 Å². The highest BCUT2D eigenvalue weighted by Gasteiger charge is 2.38. The minimum atomic E-state index is -0.165. The van der Waals surface area contributed by atoms with Crippen LogP contribution in [0.3, 0.4) is 0 Å². The van der Waals surface area contributed by atoms with E-state index in [9.17, 15) is 14.7 Å². The van der Waals surface area contributed by atoms with Crippen LogP contribution in [0, 0.1) is 11.8 Å². The van der Waals surface area contributed by atoms with Crippen molar-refractivity contribution < 1.29 is 14.6 Å². The Labute approximate surface area is 177 Å². The molecule has 0 radical (unpaired) electrons. The van der Waals surface area contributed by atoms with Crippen molar-refractivity contribution in [3.05, 3.63) is 33.7 Å². The molecule has 1 aliphatic carbocycles. The molecule has 1 saturated carbocycles. The van der Waals surface area contributed by atoms with Gasteiger partial charge in [-0.3, -0.25) is 14.5 Å². The number of aliphatic hydroxyl groups excluding tert-OH is 1. The molecule has 2 saturated heterocycles. The number of hydrogen-bond acceptors (Lipinski definition) is 5. The molecule has 30 heavy (non-hydrogen) atoms. The van der Waals surface area contributed by atoms with E-state index < -0.39 is 0 Å². The number of fused-ring (bicyclic) bond motifs is 4. The van der Waals surface area contributed by atoms with Crippen LogP contribution in [0.5, 0.6) is 0 Å². The number of piperidine rings is 1. The van der Waals surface area contributed by atoms with Crippen molar-refractivity contribution in [3.8, 4) is 0 Å². The van der Waals surface area contributed by atoms with E-state index in [1.54, 1.807) is 0 Å². The minimum absolute atomic E-state index is 0.0130. The van der Waals surface area contributed by atoms with Crippen molar-refractivity contribution in [1.29, 1.82) is 0 Å². The van der Waals surface area contributed by atoms with Crippen molar-refractivity contribution in [2.45, 2.75) is 57.2 Å². The summed E-state index contributed by atoms with van der Waals surface area (Å²) in [5.74, 6) is 1.22. The van der Waals surface area contributed by atoms with Gasteiger partial charge in [-0.05, 0) is 31.2 Å². The van der Waals surface area contributed by atoms with Crippen LogP contribution < -0.4 is 5.56 Å². The molecule has 0 unspecified atom stereocenters. The third-order valence-electron chi connectivity index (χ3n) is 7.52. The van der Waals surface area contributed by atoms with Crippen molar-refractivity contribution in [2.75, 3.05) is 39.4 Å². The molecule has 0 spiro atoms. The summed E-state index contributed by atoms with van der Waals surface area (Å²) in [5.41, 5.74) is 2.03. The number of amides is 1. The Morgan fingerprint density at radius 3 is 2.77 bits per heavy atom. The molecular weight excluding hydrogens is 382 g/mol. The highest BCUT2D eigenvalue weighted by atomic mass is 16.5. The molecule has 1 amide bonds. The van der Waals surface area contributed by atoms with Gasteiger partial charge < -0.3 is 19.3 Å². The summed E-state index contributed by atoms with van der Waals surface area (Å²) in [6.07, 6.45) is 5.36. The van der Waals surface area contributed by atoms with E-state index in [0.29, 0.717) is 31.5 Å². The van der Waals surface area contributed by atoms with Crippen molar-refractivity contribution in [1.82, 2.24) is 14.4 Å². The maximum absolute atomic E-state index is 13.3. The van der Waals surface area contributed by atoms with Crippen LogP contribution in [0.2, 0.25) is 0 Å². The first-order valence-corrected chi connectivity index (χ1v) is 11.6. The lowest BCUT2D eigenvalue weighted by Gasteiger charge is -2.43. The van der Waals surface area contributed by atoms with Gasteiger partial charge in [0.1, 0.15) is 0 Å². The maximum atomic E-state index is 13.3. The highest BCUT2D eigenvalue weighted by Crippen LogP contribution is 2.37.